The van der Waals surface area contributed by atoms with Crippen molar-refractivity contribution in [2.24, 2.45) is 0 Å². The Morgan fingerprint density at radius 3 is 2.41 bits per heavy atom. The quantitative estimate of drug-likeness (QED) is 0.353. The van der Waals surface area contributed by atoms with Crippen molar-refractivity contribution < 1.29 is 13.2 Å². The fourth-order valence-electron chi connectivity index (χ4n) is 3.92. The van der Waals surface area contributed by atoms with Gasteiger partial charge in [0.1, 0.15) is 5.82 Å². The van der Waals surface area contributed by atoms with E-state index >= 15 is 0 Å². The zero-order valence-electron chi connectivity index (χ0n) is 19.3. The van der Waals surface area contributed by atoms with E-state index in [9.17, 15) is 13.2 Å². The standard InChI is InChI=1S/C26H28N4O3S/c1-3-18-34(32,33)29-22-14-9-13-21(19(22)2)28-26(31)17-16-25-27-23-12-7-8-15-24(23)30(25)20-10-5-4-6-11-20/h4-15,29H,3,16-18H2,1-2H3,(H,28,31). The molecule has 0 saturated heterocycles. The number of carbonyl (C=O) groups excluding carboxylic acids is 1. The maximum Gasteiger partial charge on any atom is 0.232 e. The Balaban J connectivity index is 1.51. The molecule has 0 aliphatic heterocycles. The molecule has 34 heavy (non-hydrogen) atoms. The summed E-state index contributed by atoms with van der Waals surface area (Å²) in [5.41, 5.74) is 4.59. The Bertz CT molecular complexity index is 1410. The van der Waals surface area contributed by atoms with Gasteiger partial charge in [-0.1, -0.05) is 43.3 Å². The van der Waals surface area contributed by atoms with Crippen LogP contribution in [-0.2, 0) is 21.2 Å². The number of amides is 1. The second-order valence-corrected chi connectivity index (χ2v) is 9.98. The Hall–Kier alpha value is -3.65. The van der Waals surface area contributed by atoms with E-state index in [1.165, 1.54) is 0 Å². The summed E-state index contributed by atoms with van der Waals surface area (Å²) in [7, 11) is -3.42. The minimum absolute atomic E-state index is 0.0471. The van der Waals surface area contributed by atoms with E-state index in [0.29, 0.717) is 29.8 Å². The molecule has 2 N–H and O–H groups in total. The van der Waals surface area contributed by atoms with Gasteiger partial charge in [0.15, 0.2) is 0 Å². The number of imidazole rings is 1. The van der Waals surface area contributed by atoms with Gasteiger partial charge in [-0.15, -0.1) is 0 Å². The molecule has 8 heteroatoms. The first kappa shape index (κ1) is 23.5. The fraction of sp³-hybridized carbons (Fsp3) is 0.231. The van der Waals surface area contributed by atoms with E-state index < -0.39 is 10.0 Å². The van der Waals surface area contributed by atoms with Crippen LogP contribution in [0.1, 0.15) is 31.2 Å². The number of fused-ring (bicyclic) bond motifs is 1. The summed E-state index contributed by atoms with van der Waals surface area (Å²) < 4.78 is 29.0. The predicted molar refractivity (Wildman–Crippen MR) is 137 cm³/mol. The number of aromatic nitrogens is 2. The summed E-state index contributed by atoms with van der Waals surface area (Å²) >= 11 is 0. The highest BCUT2D eigenvalue weighted by molar-refractivity contribution is 7.92. The molecule has 0 fully saturated rings. The number of benzene rings is 3. The van der Waals surface area contributed by atoms with Gasteiger partial charge in [0.2, 0.25) is 15.9 Å². The third-order valence-electron chi connectivity index (χ3n) is 5.57. The summed E-state index contributed by atoms with van der Waals surface area (Å²) in [6.07, 6.45) is 1.22. The third-order valence-corrected chi connectivity index (χ3v) is 7.04. The Morgan fingerprint density at radius 2 is 1.65 bits per heavy atom. The van der Waals surface area contributed by atoms with E-state index in [0.717, 1.165) is 22.5 Å². The first-order chi connectivity index (χ1) is 16.4. The van der Waals surface area contributed by atoms with E-state index in [2.05, 4.69) is 14.6 Å². The number of hydrogen-bond acceptors (Lipinski definition) is 4. The molecule has 1 aromatic heterocycles. The number of rotatable bonds is 9. The van der Waals surface area contributed by atoms with Gasteiger partial charge >= 0.3 is 0 Å². The van der Waals surface area contributed by atoms with Crippen LogP contribution in [0.5, 0.6) is 0 Å². The van der Waals surface area contributed by atoms with Gasteiger partial charge in [-0.2, -0.15) is 0 Å². The molecule has 0 atom stereocenters. The van der Waals surface area contributed by atoms with E-state index in [-0.39, 0.29) is 18.1 Å². The maximum atomic E-state index is 12.8. The normalized spacial score (nSPS) is 11.5. The molecule has 0 aliphatic rings. The summed E-state index contributed by atoms with van der Waals surface area (Å²) in [6, 6.07) is 23.1. The number of anilines is 2. The molecular formula is C26H28N4O3S. The van der Waals surface area contributed by atoms with Crippen LogP contribution in [0, 0.1) is 6.92 Å². The molecule has 0 aliphatic carbocycles. The smallest absolute Gasteiger partial charge is 0.232 e. The zero-order valence-corrected chi connectivity index (χ0v) is 20.1. The number of hydrogen-bond donors (Lipinski definition) is 2. The maximum absolute atomic E-state index is 12.8. The minimum Gasteiger partial charge on any atom is -0.326 e. The first-order valence-electron chi connectivity index (χ1n) is 11.3. The Kier molecular flexibility index (Phi) is 6.98. The largest absolute Gasteiger partial charge is 0.326 e. The Labute approximate surface area is 199 Å². The van der Waals surface area contributed by atoms with Crippen molar-refractivity contribution in [3.05, 3.63) is 84.2 Å². The summed E-state index contributed by atoms with van der Waals surface area (Å²) in [5.74, 6) is 0.689. The van der Waals surface area contributed by atoms with Gasteiger partial charge in [-0.25, -0.2) is 13.4 Å². The van der Waals surface area contributed by atoms with Crippen LogP contribution in [0.15, 0.2) is 72.8 Å². The second-order valence-electron chi connectivity index (χ2n) is 8.13. The van der Waals surface area contributed by atoms with Gasteiger partial charge in [0, 0.05) is 24.2 Å². The summed E-state index contributed by atoms with van der Waals surface area (Å²) in [4.78, 5) is 17.6. The average molecular weight is 477 g/mol. The average Bonchev–Trinajstić information content (AvgIpc) is 3.19. The lowest BCUT2D eigenvalue weighted by molar-refractivity contribution is -0.116. The molecule has 0 saturated carbocycles. The van der Waals surface area contributed by atoms with Gasteiger partial charge in [0.25, 0.3) is 0 Å². The number of sulfonamides is 1. The van der Waals surface area contributed by atoms with Crippen molar-refractivity contribution in [1.82, 2.24) is 9.55 Å². The highest BCUT2D eigenvalue weighted by Crippen LogP contribution is 2.25. The molecule has 0 bridgehead atoms. The number of nitrogens with zero attached hydrogens (tertiary/aromatic N) is 2. The molecule has 4 rings (SSSR count). The van der Waals surface area contributed by atoms with Gasteiger partial charge < -0.3 is 5.32 Å². The number of aryl methyl sites for hydroxylation is 1. The lowest BCUT2D eigenvalue weighted by atomic mass is 10.1. The zero-order chi connectivity index (χ0) is 24.1. The fourth-order valence-corrected chi connectivity index (χ4v) is 5.11. The molecule has 0 unspecified atom stereocenters. The number of para-hydroxylation sites is 3. The Morgan fingerprint density at radius 1 is 0.941 bits per heavy atom. The molecule has 7 nitrogen and oxygen atoms in total. The molecule has 0 radical (unpaired) electrons. The number of nitrogens with one attached hydrogen (secondary N) is 2. The van der Waals surface area contributed by atoms with Crippen LogP contribution in [0.3, 0.4) is 0 Å². The topological polar surface area (TPSA) is 93.1 Å². The molecule has 4 aromatic rings. The van der Waals surface area contributed by atoms with Crippen molar-refractivity contribution in [3.63, 3.8) is 0 Å². The van der Waals surface area contributed by atoms with Crippen LogP contribution in [0.25, 0.3) is 16.7 Å². The number of carbonyl (C=O) groups is 1. The SMILES string of the molecule is CCCS(=O)(=O)Nc1cccc(NC(=O)CCc2nc3ccccc3n2-c2ccccc2)c1C. The van der Waals surface area contributed by atoms with Gasteiger partial charge in [0.05, 0.1) is 22.5 Å². The van der Waals surface area contributed by atoms with Gasteiger partial charge in [-0.05, 0) is 55.3 Å². The lowest BCUT2D eigenvalue weighted by Gasteiger charge is -2.14. The van der Waals surface area contributed by atoms with Crippen molar-refractivity contribution in [2.45, 2.75) is 33.1 Å². The molecule has 3 aromatic carbocycles. The first-order valence-corrected chi connectivity index (χ1v) is 12.9. The third kappa shape index (κ3) is 5.28. The minimum atomic E-state index is -3.42. The van der Waals surface area contributed by atoms with E-state index in [1.807, 2.05) is 61.5 Å². The van der Waals surface area contributed by atoms with Crippen LogP contribution >= 0.6 is 0 Å². The highest BCUT2D eigenvalue weighted by Gasteiger charge is 2.16. The van der Waals surface area contributed by atoms with Crippen LogP contribution in [-0.4, -0.2) is 29.6 Å². The molecule has 176 valence electrons. The molecule has 0 spiro atoms. The van der Waals surface area contributed by atoms with Crippen LogP contribution in [0.2, 0.25) is 0 Å². The van der Waals surface area contributed by atoms with Crippen molar-refractivity contribution in [2.75, 3.05) is 15.8 Å². The van der Waals surface area contributed by atoms with Crippen LogP contribution in [0.4, 0.5) is 11.4 Å². The van der Waals surface area contributed by atoms with E-state index in [4.69, 9.17) is 4.98 Å². The second kappa shape index (κ2) is 10.1. The lowest BCUT2D eigenvalue weighted by Crippen LogP contribution is -2.18. The predicted octanol–water partition coefficient (Wildman–Crippen LogP) is 5.06. The van der Waals surface area contributed by atoms with Gasteiger partial charge in [-0.3, -0.25) is 14.1 Å². The monoisotopic (exact) mass is 476 g/mol. The molecular weight excluding hydrogens is 448 g/mol. The van der Waals surface area contributed by atoms with Crippen molar-refractivity contribution >= 4 is 38.3 Å². The molecule has 1 amide bonds. The van der Waals surface area contributed by atoms with Crippen molar-refractivity contribution in [1.29, 1.82) is 0 Å². The van der Waals surface area contributed by atoms with Crippen LogP contribution < -0.4 is 10.0 Å². The molecule has 1 heterocycles. The van der Waals surface area contributed by atoms with E-state index in [1.54, 1.807) is 25.1 Å². The van der Waals surface area contributed by atoms with Crippen molar-refractivity contribution in [3.8, 4) is 5.69 Å². The summed E-state index contributed by atoms with van der Waals surface area (Å²) in [5, 5.41) is 2.92. The summed E-state index contributed by atoms with van der Waals surface area (Å²) in [6.45, 7) is 3.60. The highest BCUT2D eigenvalue weighted by atomic mass is 32.2.